The highest BCUT2D eigenvalue weighted by atomic mass is 79.9. The highest BCUT2D eigenvalue weighted by molar-refractivity contribution is 9.10. The minimum Gasteiger partial charge on any atom is -0.489 e. The fourth-order valence-corrected chi connectivity index (χ4v) is 1.42. The molecule has 0 bridgehead atoms. The third-order valence-electron chi connectivity index (χ3n) is 1.99. The molecule has 3 heteroatoms. The number of rotatable bonds is 5. The van der Waals surface area contributed by atoms with E-state index in [1.807, 2.05) is 13.8 Å². The van der Waals surface area contributed by atoms with Gasteiger partial charge in [-0.05, 0) is 43.7 Å². The third kappa shape index (κ3) is 3.81. The molecule has 1 atom stereocenters. The standard InChI is InChI=1S/C13H15BrO2/c1-9(2)8-16-12-6-4-11(5-7-12)13(15)10(3)14/h4-7,10H,1,8H2,2-3H3. The Morgan fingerprint density at radius 3 is 2.44 bits per heavy atom. The molecule has 2 nitrogen and oxygen atoms in total. The van der Waals surface area contributed by atoms with Gasteiger partial charge < -0.3 is 4.74 Å². The van der Waals surface area contributed by atoms with Crippen molar-refractivity contribution in [3.63, 3.8) is 0 Å². The lowest BCUT2D eigenvalue weighted by molar-refractivity contribution is 0.0996. The SMILES string of the molecule is C=C(C)COc1ccc(C(=O)C(C)Br)cc1. The molecule has 1 aromatic rings. The lowest BCUT2D eigenvalue weighted by Crippen LogP contribution is -2.09. The predicted octanol–water partition coefficient (Wildman–Crippen LogP) is 3.61. The summed E-state index contributed by atoms with van der Waals surface area (Å²) in [6, 6.07) is 7.14. The second-order valence-corrected chi connectivity index (χ2v) is 5.12. The summed E-state index contributed by atoms with van der Waals surface area (Å²) in [4.78, 5) is 11.5. The third-order valence-corrected chi connectivity index (χ3v) is 2.40. The van der Waals surface area contributed by atoms with Crippen LogP contribution in [-0.4, -0.2) is 17.2 Å². The molecule has 0 saturated carbocycles. The molecule has 0 aromatic heterocycles. The van der Waals surface area contributed by atoms with Crippen molar-refractivity contribution < 1.29 is 9.53 Å². The highest BCUT2D eigenvalue weighted by Crippen LogP contribution is 2.16. The zero-order chi connectivity index (χ0) is 12.1. The molecule has 0 spiro atoms. The maximum absolute atomic E-state index is 11.6. The zero-order valence-electron chi connectivity index (χ0n) is 9.50. The first-order valence-corrected chi connectivity index (χ1v) is 5.98. The van der Waals surface area contributed by atoms with Crippen molar-refractivity contribution in [3.05, 3.63) is 42.0 Å². The van der Waals surface area contributed by atoms with E-state index in [9.17, 15) is 4.79 Å². The zero-order valence-corrected chi connectivity index (χ0v) is 11.1. The molecule has 1 unspecified atom stereocenters. The normalized spacial score (nSPS) is 11.9. The Labute approximate surface area is 104 Å². The molecule has 16 heavy (non-hydrogen) atoms. The Morgan fingerprint density at radius 1 is 1.44 bits per heavy atom. The van der Waals surface area contributed by atoms with Crippen LogP contribution in [0.5, 0.6) is 5.75 Å². The largest absolute Gasteiger partial charge is 0.489 e. The van der Waals surface area contributed by atoms with Crippen LogP contribution in [0.2, 0.25) is 0 Å². The van der Waals surface area contributed by atoms with E-state index in [0.717, 1.165) is 11.3 Å². The Balaban J connectivity index is 2.68. The molecule has 0 saturated heterocycles. The van der Waals surface area contributed by atoms with Crippen LogP contribution in [0.1, 0.15) is 24.2 Å². The van der Waals surface area contributed by atoms with E-state index in [0.29, 0.717) is 12.2 Å². The van der Waals surface area contributed by atoms with Gasteiger partial charge in [0.05, 0.1) is 4.83 Å². The van der Waals surface area contributed by atoms with Crippen molar-refractivity contribution in [2.24, 2.45) is 0 Å². The van der Waals surface area contributed by atoms with Gasteiger partial charge in [-0.2, -0.15) is 0 Å². The van der Waals surface area contributed by atoms with Crippen molar-refractivity contribution in [1.82, 2.24) is 0 Å². The van der Waals surface area contributed by atoms with Crippen LogP contribution in [-0.2, 0) is 0 Å². The lowest BCUT2D eigenvalue weighted by atomic mass is 10.1. The number of carbonyl (C=O) groups is 1. The van der Waals surface area contributed by atoms with Crippen LogP contribution in [0.4, 0.5) is 0 Å². The lowest BCUT2D eigenvalue weighted by Gasteiger charge is -2.07. The smallest absolute Gasteiger partial charge is 0.176 e. The molecule has 0 aliphatic rings. The van der Waals surface area contributed by atoms with E-state index in [-0.39, 0.29) is 10.6 Å². The Hall–Kier alpha value is -1.09. The molecule has 1 aromatic carbocycles. The van der Waals surface area contributed by atoms with Gasteiger partial charge in [0.15, 0.2) is 5.78 Å². The van der Waals surface area contributed by atoms with Crippen molar-refractivity contribution in [1.29, 1.82) is 0 Å². The molecule has 0 radical (unpaired) electrons. The van der Waals surface area contributed by atoms with E-state index < -0.39 is 0 Å². The Kier molecular flexibility index (Phi) is 4.74. The minimum absolute atomic E-state index is 0.0754. The van der Waals surface area contributed by atoms with E-state index in [1.54, 1.807) is 24.3 Å². The summed E-state index contributed by atoms with van der Waals surface area (Å²) in [6.07, 6.45) is 0. The summed E-state index contributed by atoms with van der Waals surface area (Å²) >= 11 is 3.25. The molecule has 86 valence electrons. The van der Waals surface area contributed by atoms with Gasteiger partial charge >= 0.3 is 0 Å². The predicted molar refractivity (Wildman–Crippen MR) is 69.5 cm³/mol. The fraction of sp³-hybridized carbons (Fsp3) is 0.308. The van der Waals surface area contributed by atoms with E-state index in [1.165, 1.54) is 0 Å². The van der Waals surface area contributed by atoms with Crippen molar-refractivity contribution in [3.8, 4) is 5.75 Å². The van der Waals surface area contributed by atoms with Gasteiger partial charge in [0.1, 0.15) is 12.4 Å². The number of benzene rings is 1. The van der Waals surface area contributed by atoms with Crippen LogP contribution in [0.25, 0.3) is 0 Å². The molecule has 0 fully saturated rings. The van der Waals surface area contributed by atoms with Crippen LogP contribution in [0, 0.1) is 0 Å². The Bertz CT molecular complexity index is 379. The van der Waals surface area contributed by atoms with Crippen LogP contribution >= 0.6 is 15.9 Å². The maximum Gasteiger partial charge on any atom is 0.176 e. The second-order valence-electron chi connectivity index (χ2n) is 3.75. The number of halogens is 1. The molecule has 0 amide bonds. The average Bonchev–Trinajstić information content (AvgIpc) is 2.26. The number of hydrogen-bond acceptors (Lipinski definition) is 2. The minimum atomic E-state index is -0.158. The number of ether oxygens (including phenoxy) is 1. The topological polar surface area (TPSA) is 26.3 Å². The van der Waals surface area contributed by atoms with Crippen LogP contribution in [0.3, 0.4) is 0 Å². The number of hydrogen-bond donors (Lipinski definition) is 0. The van der Waals surface area contributed by atoms with Crippen LogP contribution < -0.4 is 4.74 Å². The fourth-order valence-electron chi connectivity index (χ4n) is 1.15. The first kappa shape index (κ1) is 13.0. The first-order valence-electron chi connectivity index (χ1n) is 5.06. The molecule has 0 N–H and O–H groups in total. The van der Waals surface area contributed by atoms with Crippen molar-refractivity contribution >= 4 is 21.7 Å². The number of alkyl halides is 1. The van der Waals surface area contributed by atoms with Gasteiger partial charge in [-0.1, -0.05) is 22.5 Å². The molecule has 0 aliphatic carbocycles. The highest BCUT2D eigenvalue weighted by Gasteiger charge is 2.11. The van der Waals surface area contributed by atoms with E-state index >= 15 is 0 Å². The maximum atomic E-state index is 11.6. The average molecular weight is 283 g/mol. The summed E-state index contributed by atoms with van der Waals surface area (Å²) < 4.78 is 5.44. The molecular weight excluding hydrogens is 268 g/mol. The van der Waals surface area contributed by atoms with Gasteiger partial charge in [0.25, 0.3) is 0 Å². The molecule has 0 aliphatic heterocycles. The number of carbonyl (C=O) groups excluding carboxylic acids is 1. The van der Waals surface area contributed by atoms with Gasteiger partial charge in [0, 0.05) is 5.56 Å². The van der Waals surface area contributed by atoms with Gasteiger partial charge in [0.2, 0.25) is 0 Å². The summed E-state index contributed by atoms with van der Waals surface area (Å²) in [5.74, 6) is 0.827. The molecular formula is C13H15BrO2. The summed E-state index contributed by atoms with van der Waals surface area (Å²) in [5.41, 5.74) is 1.65. The van der Waals surface area contributed by atoms with Gasteiger partial charge in [-0.3, -0.25) is 4.79 Å². The quantitative estimate of drug-likeness (QED) is 0.469. The summed E-state index contributed by atoms with van der Waals surface area (Å²) in [5, 5.41) is 0. The summed E-state index contributed by atoms with van der Waals surface area (Å²) in [7, 11) is 0. The van der Waals surface area contributed by atoms with E-state index in [4.69, 9.17) is 4.74 Å². The second kappa shape index (κ2) is 5.85. The summed E-state index contributed by atoms with van der Waals surface area (Å²) in [6.45, 7) is 7.98. The Morgan fingerprint density at radius 2 is 2.00 bits per heavy atom. The van der Waals surface area contributed by atoms with Crippen molar-refractivity contribution in [2.75, 3.05) is 6.61 Å². The number of ketones is 1. The van der Waals surface area contributed by atoms with Crippen LogP contribution in [0.15, 0.2) is 36.4 Å². The monoisotopic (exact) mass is 282 g/mol. The van der Waals surface area contributed by atoms with Gasteiger partial charge in [-0.15, -0.1) is 0 Å². The van der Waals surface area contributed by atoms with E-state index in [2.05, 4.69) is 22.5 Å². The van der Waals surface area contributed by atoms with Gasteiger partial charge in [-0.25, -0.2) is 0 Å². The van der Waals surface area contributed by atoms with Crippen molar-refractivity contribution in [2.45, 2.75) is 18.7 Å². The molecule has 1 rings (SSSR count). The first-order chi connectivity index (χ1) is 7.50. The molecule has 0 heterocycles. The number of Topliss-reactive ketones (excluding diaryl/α,β-unsaturated/α-hetero) is 1.